The minimum atomic E-state index is -2.46. The number of carbonyl (C=O) groups is 1. The summed E-state index contributed by atoms with van der Waals surface area (Å²) in [7, 11) is 0. The Balaban J connectivity index is 2.44. The summed E-state index contributed by atoms with van der Waals surface area (Å²) in [6, 6.07) is 3.01. The van der Waals surface area contributed by atoms with E-state index in [4.69, 9.17) is 9.52 Å². The molecular formula is C14H21F2NO3S. The lowest BCUT2D eigenvalue weighted by Gasteiger charge is -2.14. The second kappa shape index (κ2) is 9.78. The first-order chi connectivity index (χ1) is 10.1. The van der Waals surface area contributed by atoms with Crippen LogP contribution in [-0.4, -0.2) is 29.9 Å². The molecule has 0 aliphatic rings. The molecule has 1 aromatic heterocycles. The Morgan fingerprint density at radius 1 is 1.43 bits per heavy atom. The first-order valence-corrected chi connectivity index (χ1v) is 7.99. The van der Waals surface area contributed by atoms with Crippen molar-refractivity contribution in [2.45, 2.75) is 37.7 Å². The van der Waals surface area contributed by atoms with Crippen LogP contribution in [0, 0.1) is 5.92 Å². The standard InChI is InChI=1S/C14H21F2NO3S/c1-2-3-10(6-7-18)8-17-13(19)12-5-4-11(20-12)9-21-14(15)16/h4-5,10,14,18H,2-3,6-9H2,1H3,(H,17,19). The minimum absolute atomic E-state index is 0.0356. The molecule has 7 heteroatoms. The molecule has 1 amide bonds. The van der Waals surface area contributed by atoms with Crippen LogP contribution in [0.4, 0.5) is 8.78 Å². The molecular weight excluding hydrogens is 300 g/mol. The first kappa shape index (κ1) is 18.0. The number of alkyl halides is 2. The van der Waals surface area contributed by atoms with E-state index < -0.39 is 5.76 Å². The van der Waals surface area contributed by atoms with Gasteiger partial charge >= 0.3 is 0 Å². The molecule has 0 saturated heterocycles. The average Bonchev–Trinajstić information content (AvgIpc) is 2.91. The fourth-order valence-corrected chi connectivity index (χ4v) is 2.43. The van der Waals surface area contributed by atoms with E-state index in [1.165, 1.54) is 12.1 Å². The van der Waals surface area contributed by atoms with Crippen LogP contribution in [-0.2, 0) is 5.75 Å². The van der Waals surface area contributed by atoms with E-state index >= 15 is 0 Å². The van der Waals surface area contributed by atoms with Gasteiger partial charge in [0.2, 0.25) is 0 Å². The van der Waals surface area contributed by atoms with Gasteiger partial charge in [0.15, 0.2) is 5.76 Å². The normalized spacial score (nSPS) is 12.6. The third-order valence-electron chi connectivity index (χ3n) is 3.02. The molecule has 1 heterocycles. The molecule has 21 heavy (non-hydrogen) atoms. The molecule has 0 fully saturated rings. The summed E-state index contributed by atoms with van der Waals surface area (Å²) in [5, 5.41) is 11.7. The molecule has 0 aliphatic heterocycles. The van der Waals surface area contributed by atoms with Crippen molar-refractivity contribution in [2.75, 3.05) is 13.2 Å². The highest BCUT2D eigenvalue weighted by Gasteiger charge is 2.14. The van der Waals surface area contributed by atoms with Gasteiger partial charge in [-0.25, -0.2) is 0 Å². The molecule has 1 unspecified atom stereocenters. The molecule has 0 bridgehead atoms. The van der Waals surface area contributed by atoms with Crippen LogP contribution in [0.15, 0.2) is 16.5 Å². The molecule has 4 nitrogen and oxygen atoms in total. The van der Waals surface area contributed by atoms with Gasteiger partial charge < -0.3 is 14.8 Å². The average molecular weight is 321 g/mol. The van der Waals surface area contributed by atoms with Crippen LogP contribution >= 0.6 is 11.8 Å². The second-order valence-corrected chi connectivity index (χ2v) is 5.69. The van der Waals surface area contributed by atoms with E-state index in [-0.39, 0.29) is 29.9 Å². The summed E-state index contributed by atoms with van der Waals surface area (Å²) in [4.78, 5) is 11.9. The lowest BCUT2D eigenvalue weighted by atomic mass is 10.0. The predicted molar refractivity (Wildman–Crippen MR) is 78.4 cm³/mol. The number of rotatable bonds is 10. The van der Waals surface area contributed by atoms with Crippen molar-refractivity contribution in [1.82, 2.24) is 5.32 Å². The second-order valence-electron chi connectivity index (χ2n) is 4.71. The van der Waals surface area contributed by atoms with Gasteiger partial charge in [-0.1, -0.05) is 25.1 Å². The van der Waals surface area contributed by atoms with Crippen LogP contribution in [0.5, 0.6) is 0 Å². The quantitative estimate of drug-likeness (QED) is 0.694. The zero-order valence-electron chi connectivity index (χ0n) is 12.0. The van der Waals surface area contributed by atoms with Gasteiger partial charge in [0.05, 0.1) is 5.75 Å². The van der Waals surface area contributed by atoms with Gasteiger partial charge in [-0.3, -0.25) is 4.79 Å². The molecule has 2 N–H and O–H groups in total. The van der Waals surface area contributed by atoms with Crippen LogP contribution in [0.3, 0.4) is 0 Å². The first-order valence-electron chi connectivity index (χ1n) is 6.94. The van der Waals surface area contributed by atoms with E-state index in [0.717, 1.165) is 12.8 Å². The molecule has 0 aromatic carbocycles. The molecule has 0 aliphatic carbocycles. The number of hydrogen-bond donors (Lipinski definition) is 2. The van der Waals surface area contributed by atoms with Crippen LogP contribution in [0.25, 0.3) is 0 Å². The maximum atomic E-state index is 12.1. The topological polar surface area (TPSA) is 62.5 Å². The summed E-state index contributed by atoms with van der Waals surface area (Å²) in [5.41, 5.74) is 0. The van der Waals surface area contributed by atoms with Gasteiger partial charge in [0.1, 0.15) is 5.76 Å². The molecule has 1 atom stereocenters. The van der Waals surface area contributed by atoms with Crippen molar-refractivity contribution in [2.24, 2.45) is 5.92 Å². The van der Waals surface area contributed by atoms with Gasteiger partial charge in [-0.05, 0) is 30.9 Å². The number of furan rings is 1. The van der Waals surface area contributed by atoms with Gasteiger partial charge in [0, 0.05) is 13.2 Å². The summed E-state index contributed by atoms with van der Waals surface area (Å²) in [5.74, 6) is -2.07. The fourth-order valence-electron chi connectivity index (χ4n) is 1.99. The monoisotopic (exact) mass is 321 g/mol. The zero-order chi connectivity index (χ0) is 15.7. The number of amides is 1. The third-order valence-corrected chi connectivity index (χ3v) is 3.73. The summed E-state index contributed by atoms with van der Waals surface area (Å²) < 4.78 is 29.4. The highest BCUT2D eigenvalue weighted by Crippen LogP contribution is 2.21. The maximum absolute atomic E-state index is 12.1. The van der Waals surface area contributed by atoms with Crippen molar-refractivity contribution in [3.8, 4) is 0 Å². The minimum Gasteiger partial charge on any atom is -0.455 e. The molecule has 1 rings (SSSR count). The Bertz CT molecular complexity index is 420. The Morgan fingerprint density at radius 3 is 2.81 bits per heavy atom. The summed E-state index contributed by atoms with van der Waals surface area (Å²) in [6.45, 7) is 2.61. The maximum Gasteiger partial charge on any atom is 0.287 e. The summed E-state index contributed by atoms with van der Waals surface area (Å²) >= 11 is 0.454. The lowest BCUT2D eigenvalue weighted by Crippen LogP contribution is -2.29. The number of carbonyl (C=O) groups excluding carboxylic acids is 1. The molecule has 120 valence electrons. The third kappa shape index (κ3) is 6.95. The Kier molecular flexibility index (Phi) is 8.37. The van der Waals surface area contributed by atoms with E-state index in [9.17, 15) is 13.6 Å². The molecule has 1 aromatic rings. The van der Waals surface area contributed by atoms with Crippen molar-refractivity contribution in [3.63, 3.8) is 0 Å². The number of nitrogens with one attached hydrogen (secondary N) is 1. The van der Waals surface area contributed by atoms with E-state index in [1.54, 1.807) is 0 Å². The van der Waals surface area contributed by atoms with Crippen molar-refractivity contribution in [3.05, 3.63) is 23.7 Å². The van der Waals surface area contributed by atoms with Gasteiger partial charge in [-0.2, -0.15) is 8.78 Å². The van der Waals surface area contributed by atoms with E-state index in [1.807, 2.05) is 6.92 Å². The molecule has 0 saturated carbocycles. The molecule has 0 radical (unpaired) electrons. The van der Waals surface area contributed by atoms with E-state index in [0.29, 0.717) is 30.5 Å². The fraction of sp³-hybridized carbons (Fsp3) is 0.643. The molecule has 0 spiro atoms. The SMILES string of the molecule is CCCC(CCO)CNC(=O)c1ccc(CSC(F)F)o1. The summed E-state index contributed by atoms with van der Waals surface area (Å²) in [6.07, 6.45) is 2.55. The number of thioether (sulfide) groups is 1. The number of aliphatic hydroxyl groups is 1. The van der Waals surface area contributed by atoms with Crippen LogP contribution in [0.2, 0.25) is 0 Å². The Hall–Kier alpha value is -1.08. The van der Waals surface area contributed by atoms with E-state index in [2.05, 4.69) is 5.32 Å². The number of hydrogen-bond acceptors (Lipinski definition) is 4. The highest BCUT2D eigenvalue weighted by molar-refractivity contribution is 7.98. The van der Waals surface area contributed by atoms with Gasteiger partial charge in [-0.15, -0.1) is 0 Å². The predicted octanol–water partition coefficient (Wildman–Crippen LogP) is 3.26. The Morgan fingerprint density at radius 2 is 2.19 bits per heavy atom. The Labute approximate surface area is 127 Å². The smallest absolute Gasteiger partial charge is 0.287 e. The number of halogens is 2. The number of aliphatic hydroxyl groups excluding tert-OH is 1. The van der Waals surface area contributed by atoms with Crippen LogP contribution in [0.1, 0.15) is 42.5 Å². The van der Waals surface area contributed by atoms with Crippen molar-refractivity contribution < 1.29 is 23.1 Å². The van der Waals surface area contributed by atoms with Crippen LogP contribution < -0.4 is 5.32 Å². The van der Waals surface area contributed by atoms with Crippen molar-refractivity contribution >= 4 is 17.7 Å². The largest absolute Gasteiger partial charge is 0.455 e. The van der Waals surface area contributed by atoms with Crippen molar-refractivity contribution in [1.29, 1.82) is 0 Å². The highest BCUT2D eigenvalue weighted by atomic mass is 32.2. The lowest BCUT2D eigenvalue weighted by molar-refractivity contribution is 0.0913. The van der Waals surface area contributed by atoms with Gasteiger partial charge in [0.25, 0.3) is 11.7 Å². The zero-order valence-corrected chi connectivity index (χ0v) is 12.8.